The minimum atomic E-state index is -0.897. The van der Waals surface area contributed by atoms with Crippen LogP contribution >= 0.6 is 0 Å². The molecule has 4 nitrogen and oxygen atoms in total. The number of hydrogen-bond acceptors (Lipinski definition) is 3. The summed E-state index contributed by atoms with van der Waals surface area (Å²) in [7, 11) is 0. The van der Waals surface area contributed by atoms with E-state index in [0.29, 0.717) is 5.75 Å². The van der Waals surface area contributed by atoms with Gasteiger partial charge in [0.25, 0.3) is 0 Å². The van der Waals surface area contributed by atoms with E-state index in [1.54, 1.807) is 13.8 Å². The fraction of sp³-hybridized carbons (Fsp3) is 0.500. The molecule has 4 heteroatoms. The van der Waals surface area contributed by atoms with Gasteiger partial charge in [-0.1, -0.05) is 12.1 Å². The predicted octanol–water partition coefficient (Wildman–Crippen LogP) is 2.50. The summed E-state index contributed by atoms with van der Waals surface area (Å²) >= 11 is 0. The third-order valence-electron chi connectivity index (χ3n) is 2.89. The van der Waals surface area contributed by atoms with Crippen LogP contribution in [-0.2, 0) is 4.79 Å². The maximum atomic E-state index is 11.0. The zero-order valence-corrected chi connectivity index (χ0v) is 11.4. The van der Waals surface area contributed by atoms with Gasteiger partial charge in [0.15, 0.2) is 0 Å². The molecule has 0 fully saturated rings. The SMILES string of the molecule is Cc1cc([C@@H](C)N)ccc1OCC(C)(C)C(=O)O. The van der Waals surface area contributed by atoms with Crippen molar-refractivity contribution in [3.05, 3.63) is 29.3 Å². The molecule has 1 rings (SSSR count). The number of carboxylic acids is 1. The highest BCUT2D eigenvalue weighted by Crippen LogP contribution is 2.24. The number of carboxylic acid groups (broad SMARTS) is 1. The number of hydrogen-bond donors (Lipinski definition) is 2. The van der Waals surface area contributed by atoms with Crippen molar-refractivity contribution in [3.8, 4) is 5.75 Å². The molecular formula is C14H21NO3. The molecule has 0 unspecified atom stereocenters. The zero-order chi connectivity index (χ0) is 13.9. The van der Waals surface area contributed by atoms with Crippen molar-refractivity contribution in [1.29, 1.82) is 0 Å². The fourth-order valence-electron chi connectivity index (χ4n) is 1.44. The van der Waals surface area contributed by atoms with Crippen LogP contribution in [0, 0.1) is 12.3 Å². The lowest BCUT2D eigenvalue weighted by molar-refractivity contribution is -0.148. The Labute approximate surface area is 108 Å². The average molecular weight is 251 g/mol. The molecular weight excluding hydrogens is 230 g/mol. The molecule has 0 aliphatic heterocycles. The molecule has 0 aliphatic carbocycles. The van der Waals surface area contributed by atoms with Gasteiger partial charge >= 0.3 is 5.97 Å². The second-order valence-corrected chi connectivity index (χ2v) is 5.29. The van der Waals surface area contributed by atoms with E-state index in [4.69, 9.17) is 15.6 Å². The lowest BCUT2D eigenvalue weighted by Crippen LogP contribution is -2.30. The number of benzene rings is 1. The zero-order valence-electron chi connectivity index (χ0n) is 11.4. The molecule has 0 aromatic heterocycles. The van der Waals surface area contributed by atoms with Gasteiger partial charge in [-0.05, 0) is 44.9 Å². The molecule has 3 N–H and O–H groups in total. The predicted molar refractivity (Wildman–Crippen MR) is 70.7 cm³/mol. The quantitative estimate of drug-likeness (QED) is 0.843. The molecule has 0 heterocycles. The summed E-state index contributed by atoms with van der Waals surface area (Å²) in [6.07, 6.45) is 0. The average Bonchev–Trinajstić information content (AvgIpc) is 2.26. The lowest BCUT2D eigenvalue weighted by Gasteiger charge is -2.20. The molecule has 0 saturated heterocycles. The van der Waals surface area contributed by atoms with Crippen molar-refractivity contribution in [1.82, 2.24) is 0 Å². The van der Waals surface area contributed by atoms with Crippen molar-refractivity contribution in [2.45, 2.75) is 33.7 Å². The number of ether oxygens (including phenoxy) is 1. The van der Waals surface area contributed by atoms with Gasteiger partial charge in [-0.3, -0.25) is 4.79 Å². The van der Waals surface area contributed by atoms with Gasteiger partial charge < -0.3 is 15.6 Å². The third-order valence-corrected chi connectivity index (χ3v) is 2.89. The van der Waals surface area contributed by atoms with Gasteiger partial charge in [-0.25, -0.2) is 0 Å². The Morgan fingerprint density at radius 3 is 2.56 bits per heavy atom. The largest absolute Gasteiger partial charge is 0.492 e. The molecule has 0 aliphatic rings. The first kappa shape index (κ1) is 14.5. The smallest absolute Gasteiger partial charge is 0.312 e. The summed E-state index contributed by atoms with van der Waals surface area (Å²) in [5.41, 5.74) is 6.90. The Balaban J connectivity index is 2.78. The molecule has 1 atom stereocenters. The minimum absolute atomic E-state index is 0.0202. The molecule has 0 amide bonds. The molecule has 100 valence electrons. The molecule has 0 radical (unpaired) electrons. The van der Waals surface area contributed by atoms with Crippen molar-refractivity contribution >= 4 is 5.97 Å². The Kier molecular flexibility index (Phi) is 4.35. The van der Waals surface area contributed by atoms with Crippen LogP contribution in [0.25, 0.3) is 0 Å². The maximum Gasteiger partial charge on any atom is 0.312 e. The molecule has 0 spiro atoms. The Bertz CT molecular complexity index is 439. The van der Waals surface area contributed by atoms with E-state index in [1.165, 1.54) is 0 Å². The lowest BCUT2D eigenvalue weighted by atomic mass is 9.95. The molecule has 1 aromatic rings. The van der Waals surface area contributed by atoms with E-state index in [-0.39, 0.29) is 12.6 Å². The van der Waals surface area contributed by atoms with Gasteiger partial charge in [-0.15, -0.1) is 0 Å². The minimum Gasteiger partial charge on any atom is -0.492 e. The second kappa shape index (κ2) is 5.40. The highest BCUT2D eigenvalue weighted by Gasteiger charge is 2.28. The summed E-state index contributed by atoms with van der Waals surface area (Å²) in [6.45, 7) is 7.26. The first-order valence-electron chi connectivity index (χ1n) is 5.96. The molecule has 18 heavy (non-hydrogen) atoms. The molecule has 0 bridgehead atoms. The summed E-state index contributed by atoms with van der Waals surface area (Å²) in [5, 5.41) is 9.01. The first-order valence-corrected chi connectivity index (χ1v) is 5.96. The molecule has 1 aromatic carbocycles. The van der Waals surface area contributed by atoms with Crippen molar-refractivity contribution in [2.24, 2.45) is 11.1 Å². The van der Waals surface area contributed by atoms with Crippen LogP contribution in [-0.4, -0.2) is 17.7 Å². The van der Waals surface area contributed by atoms with Crippen molar-refractivity contribution in [3.63, 3.8) is 0 Å². The van der Waals surface area contributed by atoms with E-state index in [0.717, 1.165) is 11.1 Å². The van der Waals surface area contributed by atoms with Gasteiger partial charge in [0.05, 0.1) is 5.41 Å². The summed E-state index contributed by atoms with van der Waals surface area (Å²) in [6, 6.07) is 5.69. The van der Waals surface area contributed by atoms with Crippen LogP contribution in [0.2, 0.25) is 0 Å². The number of rotatable bonds is 5. The summed E-state index contributed by atoms with van der Waals surface area (Å²) < 4.78 is 5.58. The number of nitrogens with two attached hydrogens (primary N) is 1. The fourth-order valence-corrected chi connectivity index (χ4v) is 1.44. The van der Waals surface area contributed by atoms with Crippen LogP contribution in [0.15, 0.2) is 18.2 Å². The summed E-state index contributed by atoms with van der Waals surface area (Å²) in [4.78, 5) is 11.0. The van der Waals surface area contributed by atoms with Crippen LogP contribution in [0.1, 0.15) is 37.9 Å². The topological polar surface area (TPSA) is 72.5 Å². The maximum absolute atomic E-state index is 11.0. The van der Waals surface area contributed by atoms with E-state index in [9.17, 15) is 4.79 Å². The van der Waals surface area contributed by atoms with Gasteiger partial charge in [0.1, 0.15) is 12.4 Å². The van der Waals surface area contributed by atoms with Crippen LogP contribution in [0.4, 0.5) is 0 Å². The summed E-state index contributed by atoms with van der Waals surface area (Å²) in [5.74, 6) is -0.166. The van der Waals surface area contributed by atoms with Gasteiger partial charge in [0, 0.05) is 6.04 Å². The van der Waals surface area contributed by atoms with E-state index >= 15 is 0 Å². The second-order valence-electron chi connectivity index (χ2n) is 5.29. The van der Waals surface area contributed by atoms with Gasteiger partial charge in [-0.2, -0.15) is 0 Å². The first-order chi connectivity index (χ1) is 8.24. The van der Waals surface area contributed by atoms with Crippen molar-refractivity contribution < 1.29 is 14.6 Å². The van der Waals surface area contributed by atoms with Crippen molar-refractivity contribution in [2.75, 3.05) is 6.61 Å². The number of aryl methyl sites for hydroxylation is 1. The monoisotopic (exact) mass is 251 g/mol. The standard InChI is InChI=1S/C14H21NO3/c1-9-7-11(10(2)15)5-6-12(9)18-8-14(3,4)13(16)17/h5-7,10H,8,15H2,1-4H3,(H,16,17)/t10-/m1/s1. The normalized spacial score (nSPS) is 13.2. The van der Waals surface area contributed by atoms with E-state index in [2.05, 4.69) is 0 Å². The highest BCUT2D eigenvalue weighted by molar-refractivity contribution is 5.73. The Morgan fingerprint density at radius 1 is 1.50 bits per heavy atom. The molecule has 0 saturated carbocycles. The van der Waals surface area contributed by atoms with Crippen LogP contribution in [0.5, 0.6) is 5.75 Å². The van der Waals surface area contributed by atoms with E-state index in [1.807, 2.05) is 32.0 Å². The highest BCUT2D eigenvalue weighted by atomic mass is 16.5. The van der Waals surface area contributed by atoms with E-state index < -0.39 is 11.4 Å². The number of aliphatic carboxylic acids is 1. The van der Waals surface area contributed by atoms with Gasteiger partial charge in [0.2, 0.25) is 0 Å². The Morgan fingerprint density at radius 2 is 2.11 bits per heavy atom. The number of carbonyl (C=O) groups is 1. The van der Waals surface area contributed by atoms with Crippen LogP contribution in [0.3, 0.4) is 0 Å². The Hall–Kier alpha value is -1.55. The van der Waals surface area contributed by atoms with Crippen LogP contribution < -0.4 is 10.5 Å². The third kappa shape index (κ3) is 3.47.